The molecule has 0 aliphatic carbocycles. The molecular formula is C34H54FeN9O12+3. The third-order valence-corrected chi connectivity index (χ3v) is 8.41. The Morgan fingerprint density at radius 1 is 0.554 bits per heavy atom. The molecule has 1 saturated heterocycles. The van der Waals surface area contributed by atoms with Crippen molar-refractivity contribution in [2.45, 2.75) is 89.9 Å². The van der Waals surface area contributed by atoms with Gasteiger partial charge in [0.05, 0.1) is 33.9 Å². The molecule has 2 rings (SSSR count). The maximum atomic E-state index is 13.8. The first-order valence-corrected chi connectivity index (χ1v) is 17.7. The maximum Gasteiger partial charge on any atom is 0.379 e. The zero-order valence-electron chi connectivity index (χ0n) is 31.5. The van der Waals surface area contributed by atoms with Crippen molar-refractivity contribution in [3.05, 3.63) is 35.9 Å². The fourth-order valence-corrected chi connectivity index (χ4v) is 5.30. The molecule has 0 radical (unpaired) electrons. The van der Waals surface area contributed by atoms with Crippen LogP contribution in [0.1, 0.15) is 64.9 Å². The van der Waals surface area contributed by atoms with E-state index in [4.69, 9.17) is 0 Å². The van der Waals surface area contributed by atoms with Crippen molar-refractivity contribution in [2.24, 2.45) is 0 Å². The molecule has 21 nitrogen and oxygen atoms in total. The average molecular weight is 837 g/mol. The summed E-state index contributed by atoms with van der Waals surface area (Å²) in [4.78, 5) is 80.4. The van der Waals surface area contributed by atoms with Crippen LogP contribution in [-0.2, 0) is 52.3 Å². The van der Waals surface area contributed by atoms with Gasteiger partial charge in [0.15, 0.2) is 19.6 Å². The molecule has 4 atom stereocenters. The molecule has 0 bridgehead atoms. The second-order valence-electron chi connectivity index (χ2n) is 12.9. The van der Waals surface area contributed by atoms with E-state index in [-0.39, 0.29) is 81.6 Å². The molecular weight excluding hydrogens is 782 g/mol. The van der Waals surface area contributed by atoms with Crippen LogP contribution in [0.15, 0.2) is 30.3 Å². The van der Waals surface area contributed by atoms with Crippen molar-refractivity contribution in [2.75, 3.05) is 32.7 Å². The molecule has 6 amide bonds. The number of hydrogen-bond acceptors (Lipinski definition) is 9. The predicted molar refractivity (Wildman–Crippen MR) is 192 cm³/mol. The molecule has 1 aromatic carbocycles. The Balaban J connectivity index is 0.0000157. The van der Waals surface area contributed by atoms with Gasteiger partial charge in [-0.25, -0.2) is 0 Å². The molecule has 0 spiro atoms. The fraction of sp³-hybridized carbons (Fsp3) is 0.559. The summed E-state index contributed by atoms with van der Waals surface area (Å²) >= 11 is 0. The zero-order valence-corrected chi connectivity index (χ0v) is 32.6. The van der Waals surface area contributed by atoms with Crippen LogP contribution in [0.3, 0.4) is 0 Å². The molecule has 4 unspecified atom stereocenters. The van der Waals surface area contributed by atoms with Gasteiger partial charge < -0.3 is 47.2 Å². The van der Waals surface area contributed by atoms with Crippen LogP contribution in [0.2, 0.25) is 0 Å². The number of nitrogens with one attached hydrogen (secondary N) is 6. The number of carbonyl (C=O) groups is 6. The molecule has 1 aliphatic rings. The molecule has 1 heterocycles. The van der Waals surface area contributed by atoms with Crippen molar-refractivity contribution in [3.8, 4) is 0 Å². The molecule has 56 heavy (non-hydrogen) atoms. The number of hydroxylamine groups is 3. The van der Waals surface area contributed by atoms with Gasteiger partial charge in [0.2, 0.25) is 35.4 Å². The first-order chi connectivity index (χ1) is 26.0. The number of rotatable bonds is 14. The van der Waals surface area contributed by atoms with Crippen LogP contribution in [0, 0.1) is 0 Å². The van der Waals surface area contributed by atoms with Crippen LogP contribution in [0.5, 0.6) is 0 Å². The number of aliphatic hydroxyl groups excluding tert-OH is 3. The van der Waals surface area contributed by atoms with Crippen molar-refractivity contribution in [3.63, 3.8) is 0 Å². The predicted octanol–water partition coefficient (Wildman–Crippen LogP) is -2.11. The summed E-state index contributed by atoms with van der Waals surface area (Å²) in [6.45, 7) is 1.97. The van der Waals surface area contributed by atoms with Crippen molar-refractivity contribution in [1.82, 2.24) is 31.9 Å². The van der Waals surface area contributed by atoms with E-state index in [2.05, 4.69) is 31.9 Å². The van der Waals surface area contributed by atoms with E-state index in [1.165, 1.54) is 20.8 Å². The first-order valence-electron chi connectivity index (χ1n) is 17.7. The molecule has 1 aliphatic heterocycles. The molecule has 1 aromatic rings. The van der Waals surface area contributed by atoms with E-state index in [1.807, 2.05) is 0 Å². The zero-order chi connectivity index (χ0) is 41.1. The Morgan fingerprint density at radius 3 is 1.29 bits per heavy atom. The van der Waals surface area contributed by atoms with Crippen LogP contribution in [0.4, 0.5) is 0 Å². The van der Waals surface area contributed by atoms with Gasteiger partial charge in [-0.15, -0.1) is 0 Å². The van der Waals surface area contributed by atoms with Crippen molar-refractivity contribution in [1.29, 1.82) is 0 Å². The van der Waals surface area contributed by atoms with Gasteiger partial charge in [0, 0.05) is 57.0 Å². The van der Waals surface area contributed by atoms with E-state index in [0.29, 0.717) is 19.8 Å². The molecule has 1 fully saturated rings. The standard InChI is InChI=1S/C34H51N9O12.Fe/c1-21(44)41(53)15-7-12-25-31(49)35-20-30(48)38-28(18-24-10-5-4-6-11-24)32(50)36-19-29(47)37-26(13-8-16-42(54)22(2)45)33(51)40-27(34(52)39-25)14-9-17-43(55)23(3)46;/h4-6,10-11,25-28,53-55H,7-9,12-20H2,1-3H3,(H6,35,36,37,38,39,40,47,48,49,50,51,52);/p+3. The number of amides is 6. The third-order valence-electron chi connectivity index (χ3n) is 8.41. The van der Waals surface area contributed by atoms with Gasteiger partial charge in [0.25, 0.3) is 0 Å². The topological polar surface area (TPSA) is 305 Å². The number of nitrogens with zero attached hydrogens (tertiary/aromatic N) is 3. The SMILES string of the molecule is CC(O)=[N+](O)CCCC1NC(=O)CNC(=O)C(Cc2ccccc2)NC(=O)CNC(=O)C(CCC[N+](O)=C(C)O)NC(=O)C(CCC[N+](O)=C(C)O)NC1=O.[Fe]. The number of carbonyl (C=O) groups excluding carboxylic acids is 6. The molecule has 0 saturated carbocycles. The average Bonchev–Trinajstić information content (AvgIpc) is 3.13. The van der Waals surface area contributed by atoms with E-state index in [9.17, 15) is 59.7 Å². The molecule has 22 heteroatoms. The van der Waals surface area contributed by atoms with E-state index >= 15 is 0 Å². The quantitative estimate of drug-likeness (QED) is 0.0239. The maximum absolute atomic E-state index is 13.8. The van der Waals surface area contributed by atoms with Gasteiger partial charge in [-0.05, 0) is 24.8 Å². The Bertz CT molecular complexity index is 1580. The molecule has 0 aromatic heterocycles. The van der Waals surface area contributed by atoms with Gasteiger partial charge in [-0.2, -0.15) is 0 Å². The Labute approximate surface area is 333 Å². The van der Waals surface area contributed by atoms with Gasteiger partial charge in [0.1, 0.15) is 24.2 Å². The minimum absolute atomic E-state index is 0. The summed E-state index contributed by atoms with van der Waals surface area (Å²) in [6, 6.07) is 3.40. The van der Waals surface area contributed by atoms with Crippen molar-refractivity contribution >= 4 is 53.1 Å². The number of hydrogen-bond donors (Lipinski definition) is 12. The van der Waals surface area contributed by atoms with Crippen LogP contribution in [0.25, 0.3) is 0 Å². The van der Waals surface area contributed by atoms with E-state index < -0.39 is 90.4 Å². The van der Waals surface area contributed by atoms with E-state index in [1.54, 1.807) is 30.3 Å². The van der Waals surface area contributed by atoms with E-state index in [0.717, 1.165) is 0 Å². The minimum atomic E-state index is -1.39. The second kappa shape index (κ2) is 24.7. The molecule has 12 N–H and O–H groups in total. The summed E-state index contributed by atoms with van der Waals surface area (Å²) in [5.74, 6) is -6.14. The van der Waals surface area contributed by atoms with Gasteiger partial charge >= 0.3 is 17.7 Å². The second-order valence-corrected chi connectivity index (χ2v) is 12.9. The summed E-state index contributed by atoms with van der Waals surface area (Å²) in [6.07, 6.45) is -0.269. The van der Waals surface area contributed by atoms with Crippen LogP contribution >= 0.6 is 0 Å². The number of aliphatic hydroxyl groups is 3. The number of benzene rings is 1. The third kappa shape index (κ3) is 17.7. The normalized spacial score (nSPS) is 21.8. The van der Waals surface area contributed by atoms with Crippen LogP contribution < -0.4 is 31.9 Å². The molecule has 312 valence electrons. The summed E-state index contributed by atoms with van der Waals surface area (Å²) in [5.41, 5.74) is 0.672. The summed E-state index contributed by atoms with van der Waals surface area (Å²) < 4.78 is 1.58. The Kier molecular flexibility index (Phi) is 21.4. The summed E-state index contributed by atoms with van der Waals surface area (Å²) in [5, 5.41) is 73.4. The van der Waals surface area contributed by atoms with Crippen LogP contribution in [-0.4, -0.2) is 155 Å². The van der Waals surface area contributed by atoms with Gasteiger partial charge in [-0.1, -0.05) is 30.3 Å². The fourth-order valence-electron chi connectivity index (χ4n) is 5.30. The van der Waals surface area contributed by atoms with Crippen molar-refractivity contribution < 1.29 is 91.0 Å². The van der Waals surface area contributed by atoms with Gasteiger partial charge in [-0.3, -0.25) is 44.4 Å². The summed E-state index contributed by atoms with van der Waals surface area (Å²) in [7, 11) is 0. The monoisotopic (exact) mass is 836 g/mol. The largest absolute Gasteiger partial charge is 0.461 e. The Hall–Kier alpha value is -5.63. The minimum Gasteiger partial charge on any atom is -0.461 e. The first kappa shape index (κ1) is 48.4. The smallest absolute Gasteiger partial charge is 0.379 e. The Morgan fingerprint density at radius 2 is 0.893 bits per heavy atom.